The van der Waals surface area contributed by atoms with Crippen molar-refractivity contribution in [2.75, 3.05) is 25.5 Å². The van der Waals surface area contributed by atoms with Gasteiger partial charge in [0.25, 0.3) is 5.91 Å². The molecule has 1 aliphatic rings. The summed E-state index contributed by atoms with van der Waals surface area (Å²) >= 11 is 7.01. The highest BCUT2D eigenvalue weighted by molar-refractivity contribution is 6.35. The lowest BCUT2D eigenvalue weighted by Gasteiger charge is -2.32. The Kier molecular flexibility index (Phi) is 9.38. The van der Waals surface area contributed by atoms with Gasteiger partial charge in [0, 0.05) is 67.4 Å². The number of likely N-dealkylation sites (tertiary alicyclic amines) is 1. The highest BCUT2D eigenvalue weighted by Crippen LogP contribution is 2.39. The number of carbonyl (C=O) groups is 2. The Morgan fingerprint density at radius 2 is 1.81 bits per heavy atom. The quantitative estimate of drug-likeness (QED) is 0.243. The fourth-order valence-corrected chi connectivity index (χ4v) is 5.72. The lowest BCUT2D eigenvalue weighted by Crippen LogP contribution is -2.43. The van der Waals surface area contributed by atoms with Crippen molar-refractivity contribution in [3.05, 3.63) is 94.4 Å². The molecule has 3 heterocycles. The SMILES string of the molecule is COc1cc(-c2nccc(-c3cccc(NC(=O)c4ccc(C)cn4)c3C)c2Cl)ccc1CNC1CCN(C(C)=O)CC1. The van der Waals surface area contributed by atoms with E-state index >= 15 is 0 Å². The summed E-state index contributed by atoms with van der Waals surface area (Å²) in [4.78, 5) is 35.2. The van der Waals surface area contributed by atoms with E-state index in [-0.39, 0.29) is 11.8 Å². The molecule has 0 unspecified atom stereocenters. The van der Waals surface area contributed by atoms with Crippen LogP contribution in [0.25, 0.3) is 22.4 Å². The van der Waals surface area contributed by atoms with Crippen LogP contribution in [0, 0.1) is 13.8 Å². The number of carbonyl (C=O) groups excluding carboxylic acids is 2. The zero-order valence-electron chi connectivity index (χ0n) is 24.9. The summed E-state index contributed by atoms with van der Waals surface area (Å²) in [6, 6.07) is 17.6. The first-order chi connectivity index (χ1) is 20.7. The number of pyridine rings is 2. The van der Waals surface area contributed by atoms with Crippen LogP contribution in [0.5, 0.6) is 5.75 Å². The Labute approximate surface area is 257 Å². The summed E-state index contributed by atoms with van der Waals surface area (Å²) in [6.07, 6.45) is 5.28. The first-order valence-electron chi connectivity index (χ1n) is 14.4. The van der Waals surface area contributed by atoms with Gasteiger partial charge in [0.2, 0.25) is 5.91 Å². The number of methoxy groups -OCH3 is 1. The van der Waals surface area contributed by atoms with Crippen molar-refractivity contribution < 1.29 is 14.3 Å². The van der Waals surface area contributed by atoms with Crippen molar-refractivity contribution in [1.82, 2.24) is 20.2 Å². The van der Waals surface area contributed by atoms with E-state index < -0.39 is 0 Å². The number of nitrogens with one attached hydrogen (secondary N) is 2. The summed E-state index contributed by atoms with van der Waals surface area (Å²) < 4.78 is 5.76. The van der Waals surface area contributed by atoms with Gasteiger partial charge in [-0.2, -0.15) is 0 Å². The van der Waals surface area contributed by atoms with Gasteiger partial charge in [0.15, 0.2) is 0 Å². The maximum Gasteiger partial charge on any atom is 0.274 e. The molecule has 222 valence electrons. The summed E-state index contributed by atoms with van der Waals surface area (Å²) in [5.74, 6) is 0.613. The van der Waals surface area contributed by atoms with Gasteiger partial charge in [-0.1, -0.05) is 41.9 Å². The number of amides is 2. The summed E-state index contributed by atoms with van der Waals surface area (Å²) in [5.41, 5.74) is 7.15. The Hall–Kier alpha value is -4.27. The molecule has 8 nitrogen and oxygen atoms in total. The van der Waals surface area contributed by atoms with E-state index in [9.17, 15) is 9.59 Å². The van der Waals surface area contributed by atoms with Crippen molar-refractivity contribution in [2.45, 2.75) is 46.2 Å². The van der Waals surface area contributed by atoms with E-state index in [1.54, 1.807) is 32.5 Å². The fraction of sp³-hybridized carbons (Fsp3) is 0.294. The number of benzene rings is 2. The van der Waals surface area contributed by atoms with E-state index in [0.717, 1.165) is 65.1 Å². The first-order valence-corrected chi connectivity index (χ1v) is 14.8. The van der Waals surface area contributed by atoms with E-state index in [1.165, 1.54) is 0 Å². The number of aromatic nitrogens is 2. The fourth-order valence-electron chi connectivity index (χ4n) is 5.40. The minimum Gasteiger partial charge on any atom is -0.496 e. The van der Waals surface area contributed by atoms with E-state index in [4.69, 9.17) is 16.3 Å². The lowest BCUT2D eigenvalue weighted by molar-refractivity contribution is -0.129. The summed E-state index contributed by atoms with van der Waals surface area (Å²) in [6.45, 7) is 7.73. The number of halogens is 1. The second-order valence-electron chi connectivity index (χ2n) is 10.9. The van der Waals surface area contributed by atoms with Gasteiger partial charge >= 0.3 is 0 Å². The van der Waals surface area contributed by atoms with Crippen LogP contribution in [0.4, 0.5) is 5.69 Å². The normalized spacial score (nSPS) is 13.6. The Balaban J connectivity index is 1.35. The van der Waals surface area contributed by atoms with Gasteiger partial charge < -0.3 is 20.3 Å². The number of nitrogens with zero attached hydrogens (tertiary/aromatic N) is 3. The minimum atomic E-state index is -0.273. The van der Waals surface area contributed by atoms with Crippen LogP contribution in [-0.4, -0.2) is 52.9 Å². The molecule has 43 heavy (non-hydrogen) atoms. The molecule has 2 aromatic carbocycles. The van der Waals surface area contributed by atoms with Crippen LogP contribution in [0.15, 0.2) is 67.0 Å². The molecule has 0 spiro atoms. The van der Waals surface area contributed by atoms with Crippen molar-refractivity contribution in [2.24, 2.45) is 0 Å². The van der Waals surface area contributed by atoms with Gasteiger partial charge in [0.1, 0.15) is 11.4 Å². The molecule has 1 fully saturated rings. The summed E-state index contributed by atoms with van der Waals surface area (Å²) in [5, 5.41) is 7.12. The van der Waals surface area contributed by atoms with Crippen LogP contribution >= 0.6 is 11.6 Å². The van der Waals surface area contributed by atoms with Crippen molar-refractivity contribution in [3.8, 4) is 28.1 Å². The van der Waals surface area contributed by atoms with Crippen LogP contribution in [0.1, 0.15) is 46.9 Å². The van der Waals surface area contributed by atoms with Crippen molar-refractivity contribution in [1.29, 1.82) is 0 Å². The molecular formula is C34H36ClN5O3. The van der Waals surface area contributed by atoms with Crippen molar-refractivity contribution >= 4 is 29.1 Å². The van der Waals surface area contributed by atoms with Gasteiger partial charge in [-0.15, -0.1) is 0 Å². The third-order valence-electron chi connectivity index (χ3n) is 7.99. The largest absolute Gasteiger partial charge is 0.496 e. The molecule has 0 aliphatic carbocycles. The first kappa shape index (κ1) is 30.2. The van der Waals surface area contributed by atoms with E-state index in [2.05, 4.69) is 20.6 Å². The molecule has 2 aromatic heterocycles. The zero-order valence-corrected chi connectivity index (χ0v) is 25.7. The zero-order chi connectivity index (χ0) is 30.5. The van der Waals surface area contributed by atoms with Crippen LogP contribution in [0.3, 0.4) is 0 Å². The minimum absolute atomic E-state index is 0.136. The summed E-state index contributed by atoms with van der Waals surface area (Å²) in [7, 11) is 1.66. The highest BCUT2D eigenvalue weighted by atomic mass is 35.5. The predicted octanol–water partition coefficient (Wildman–Crippen LogP) is 6.44. The van der Waals surface area contributed by atoms with Crippen LogP contribution in [-0.2, 0) is 11.3 Å². The average Bonchev–Trinajstić information content (AvgIpc) is 3.02. The molecule has 4 aromatic rings. The maximum atomic E-state index is 12.9. The maximum absolute atomic E-state index is 12.9. The molecule has 0 saturated carbocycles. The Morgan fingerprint density at radius 3 is 2.51 bits per heavy atom. The topological polar surface area (TPSA) is 96.4 Å². The van der Waals surface area contributed by atoms with Gasteiger partial charge in [-0.25, -0.2) is 0 Å². The monoisotopic (exact) mass is 597 g/mol. The Morgan fingerprint density at radius 1 is 1.02 bits per heavy atom. The number of hydrogen-bond acceptors (Lipinski definition) is 6. The van der Waals surface area contributed by atoms with Gasteiger partial charge in [-0.3, -0.25) is 19.6 Å². The number of hydrogen-bond donors (Lipinski definition) is 2. The molecular weight excluding hydrogens is 562 g/mol. The number of rotatable bonds is 8. The third kappa shape index (κ3) is 6.87. The number of aryl methyl sites for hydroxylation is 1. The smallest absolute Gasteiger partial charge is 0.274 e. The standard InChI is InChI=1S/C34H36ClN5O3/c1-21-8-11-30(38-19-21)34(42)39-29-7-5-6-27(22(29)2)28-12-15-36-33(32(28)35)24-9-10-25(31(18-24)43-4)20-37-26-13-16-40(17-14-26)23(3)41/h5-12,15,18-19,26,37H,13-14,16-17,20H2,1-4H3,(H,39,42). The molecule has 9 heteroatoms. The number of piperidine rings is 1. The molecule has 5 rings (SSSR count). The third-order valence-corrected chi connectivity index (χ3v) is 8.37. The van der Waals surface area contributed by atoms with Crippen LogP contribution in [0.2, 0.25) is 5.02 Å². The number of ether oxygens (including phenoxy) is 1. The molecule has 1 aliphatic heterocycles. The molecule has 2 N–H and O–H groups in total. The van der Waals surface area contributed by atoms with Gasteiger partial charge in [-0.05, 0) is 67.6 Å². The van der Waals surface area contributed by atoms with Crippen LogP contribution < -0.4 is 15.4 Å². The average molecular weight is 598 g/mol. The molecule has 2 amide bonds. The van der Waals surface area contributed by atoms with E-state index in [1.807, 2.05) is 67.3 Å². The molecule has 0 bridgehead atoms. The van der Waals surface area contributed by atoms with Crippen molar-refractivity contribution in [3.63, 3.8) is 0 Å². The van der Waals surface area contributed by atoms with E-state index in [0.29, 0.717) is 34.7 Å². The van der Waals surface area contributed by atoms with Gasteiger partial charge in [0.05, 0.1) is 17.8 Å². The lowest BCUT2D eigenvalue weighted by atomic mass is 9.97. The second kappa shape index (κ2) is 13.4. The highest BCUT2D eigenvalue weighted by Gasteiger charge is 2.21. The predicted molar refractivity (Wildman–Crippen MR) is 170 cm³/mol. The second-order valence-corrected chi connectivity index (χ2v) is 11.2. The molecule has 0 atom stereocenters. The number of anilines is 1. The molecule has 0 radical (unpaired) electrons. The molecule has 1 saturated heterocycles. The Bertz CT molecular complexity index is 1630.